The van der Waals surface area contributed by atoms with Crippen molar-refractivity contribution in [3.63, 3.8) is 0 Å². The van der Waals surface area contributed by atoms with Gasteiger partial charge in [0.25, 0.3) is 0 Å². The van der Waals surface area contributed by atoms with Gasteiger partial charge in [0.2, 0.25) is 5.78 Å². The van der Waals surface area contributed by atoms with Gasteiger partial charge in [-0.25, -0.2) is 0 Å². The summed E-state index contributed by atoms with van der Waals surface area (Å²) in [4.78, 5) is 30.6. The Morgan fingerprint density at radius 3 is 1.87 bits per heavy atom. The van der Waals surface area contributed by atoms with Crippen LogP contribution in [0, 0.1) is 0 Å². The van der Waals surface area contributed by atoms with E-state index in [2.05, 4.69) is 26.3 Å². The summed E-state index contributed by atoms with van der Waals surface area (Å²) in [5.41, 5.74) is 2.30. The fraction of sp³-hybridized carbons (Fsp3) is 0.381. The highest BCUT2D eigenvalue weighted by molar-refractivity contribution is 6.31. The van der Waals surface area contributed by atoms with E-state index >= 15 is 0 Å². The van der Waals surface area contributed by atoms with Gasteiger partial charge in [0.15, 0.2) is 5.78 Å². The van der Waals surface area contributed by atoms with Gasteiger partial charge >= 0.3 is 0 Å². The highest BCUT2D eigenvalue weighted by atomic mass is 16.3. The highest BCUT2D eigenvalue weighted by Crippen LogP contribution is 2.35. The Kier molecular flexibility index (Phi) is 7.86. The summed E-state index contributed by atoms with van der Waals surface area (Å²) < 4.78 is 0. The molecule has 0 unspecified atom stereocenters. The van der Waals surface area contributed by atoms with Gasteiger partial charge in [-0.05, 0) is 24.3 Å². The molecular weight excluding hydrogens is 386 g/mol. The third-order valence-corrected chi connectivity index (χ3v) is 4.74. The Morgan fingerprint density at radius 1 is 0.733 bits per heavy atom. The normalized spacial score (nSPS) is 12.5. The number of aliphatic hydroxyl groups excluding tert-OH is 2. The van der Waals surface area contributed by atoms with Crippen molar-refractivity contribution < 1.29 is 19.8 Å². The molecule has 1 heterocycles. The van der Waals surface area contributed by atoms with Crippen LogP contribution in [-0.2, 0) is 0 Å². The molecular formula is C21H27N5O4. The zero-order chi connectivity index (χ0) is 21.3. The number of nitrogens with zero attached hydrogens (tertiary/aromatic N) is 1. The van der Waals surface area contributed by atoms with Crippen LogP contribution in [0.5, 0.6) is 0 Å². The van der Waals surface area contributed by atoms with Gasteiger partial charge in [-0.1, -0.05) is 0 Å². The molecule has 0 amide bonds. The summed E-state index contributed by atoms with van der Waals surface area (Å²) in [5.74, 6) is -0.520. The van der Waals surface area contributed by atoms with Crippen molar-refractivity contribution in [3.8, 4) is 0 Å². The van der Waals surface area contributed by atoms with Crippen LogP contribution in [0.3, 0.4) is 0 Å². The standard InChI is InChI=1S/C21H27N5O4/c27-12-10-22-6-8-24-15-3-4-16(25-9-7-23-11-13-28)18-17(15)20(29)14-2-1-5-26-19(14)21(18)30/h1-5,22-25,27-28H,6-13H2. The van der Waals surface area contributed by atoms with Gasteiger partial charge in [0.1, 0.15) is 5.69 Å². The zero-order valence-electron chi connectivity index (χ0n) is 16.7. The molecule has 0 saturated carbocycles. The minimum atomic E-state index is -0.284. The first kappa shape index (κ1) is 21.8. The third-order valence-electron chi connectivity index (χ3n) is 4.74. The molecule has 1 aliphatic carbocycles. The Bertz CT molecular complexity index is 831. The van der Waals surface area contributed by atoms with Gasteiger partial charge < -0.3 is 31.5 Å². The lowest BCUT2D eigenvalue weighted by molar-refractivity contribution is 0.0976. The Labute approximate surface area is 174 Å². The van der Waals surface area contributed by atoms with E-state index in [9.17, 15) is 9.59 Å². The number of aromatic nitrogens is 1. The van der Waals surface area contributed by atoms with Crippen molar-refractivity contribution in [1.29, 1.82) is 0 Å². The molecule has 6 N–H and O–H groups in total. The summed E-state index contributed by atoms with van der Waals surface area (Å²) in [6.45, 7) is 3.35. The number of carbonyl (C=O) groups is 2. The molecule has 160 valence electrons. The predicted molar refractivity (Wildman–Crippen MR) is 114 cm³/mol. The summed E-state index contributed by atoms with van der Waals surface area (Å²) in [6.07, 6.45) is 1.51. The molecule has 0 bridgehead atoms. The van der Waals surface area contributed by atoms with Crippen molar-refractivity contribution in [2.75, 3.05) is 63.1 Å². The number of aliphatic hydroxyl groups is 2. The molecule has 0 fully saturated rings. The number of carbonyl (C=O) groups excluding carboxylic acids is 2. The van der Waals surface area contributed by atoms with E-state index in [0.29, 0.717) is 67.3 Å². The minimum Gasteiger partial charge on any atom is -0.395 e. The second kappa shape index (κ2) is 10.8. The average molecular weight is 413 g/mol. The monoisotopic (exact) mass is 413 g/mol. The molecule has 1 aliphatic rings. The lowest BCUT2D eigenvalue weighted by atomic mass is 9.84. The van der Waals surface area contributed by atoms with Crippen LogP contribution in [0.15, 0.2) is 30.5 Å². The number of anilines is 2. The van der Waals surface area contributed by atoms with E-state index in [4.69, 9.17) is 10.2 Å². The fourth-order valence-electron chi connectivity index (χ4n) is 3.37. The van der Waals surface area contributed by atoms with Crippen LogP contribution < -0.4 is 21.3 Å². The van der Waals surface area contributed by atoms with Crippen LogP contribution in [0.2, 0.25) is 0 Å². The molecule has 1 aromatic heterocycles. The fourth-order valence-corrected chi connectivity index (χ4v) is 3.37. The molecule has 9 heteroatoms. The van der Waals surface area contributed by atoms with E-state index in [1.165, 1.54) is 6.20 Å². The second-order valence-corrected chi connectivity index (χ2v) is 6.77. The summed E-state index contributed by atoms with van der Waals surface area (Å²) >= 11 is 0. The number of hydrogen-bond donors (Lipinski definition) is 6. The van der Waals surface area contributed by atoms with Gasteiger partial charge in [-0.15, -0.1) is 0 Å². The second-order valence-electron chi connectivity index (χ2n) is 6.77. The molecule has 0 saturated heterocycles. The van der Waals surface area contributed by atoms with Crippen molar-refractivity contribution >= 4 is 22.9 Å². The maximum atomic E-state index is 13.2. The molecule has 0 spiro atoms. The van der Waals surface area contributed by atoms with E-state index in [-0.39, 0.29) is 30.5 Å². The van der Waals surface area contributed by atoms with Crippen LogP contribution in [0.4, 0.5) is 11.4 Å². The molecule has 2 aromatic rings. The van der Waals surface area contributed by atoms with Crippen LogP contribution in [0.1, 0.15) is 32.0 Å². The van der Waals surface area contributed by atoms with Crippen molar-refractivity contribution in [3.05, 3.63) is 52.8 Å². The first-order chi connectivity index (χ1) is 14.7. The molecule has 3 rings (SSSR count). The van der Waals surface area contributed by atoms with Crippen molar-refractivity contribution in [1.82, 2.24) is 15.6 Å². The molecule has 0 aliphatic heterocycles. The lowest BCUT2D eigenvalue weighted by Crippen LogP contribution is -2.29. The first-order valence-corrected chi connectivity index (χ1v) is 10.0. The number of benzene rings is 1. The number of ketones is 2. The largest absolute Gasteiger partial charge is 0.395 e. The third kappa shape index (κ3) is 4.82. The van der Waals surface area contributed by atoms with E-state index in [1.54, 1.807) is 24.3 Å². The van der Waals surface area contributed by atoms with E-state index < -0.39 is 0 Å². The zero-order valence-corrected chi connectivity index (χ0v) is 16.7. The summed E-state index contributed by atoms with van der Waals surface area (Å²) in [7, 11) is 0. The van der Waals surface area contributed by atoms with Gasteiger partial charge in [-0.3, -0.25) is 14.6 Å². The SMILES string of the molecule is O=C1c2cccnc2C(=O)c2c(NCCNCCO)ccc(NCCNCCO)c21. The minimum absolute atomic E-state index is 0.0539. The Hall–Kier alpha value is -2.85. The van der Waals surface area contributed by atoms with Crippen molar-refractivity contribution in [2.24, 2.45) is 0 Å². The van der Waals surface area contributed by atoms with E-state index in [1.807, 2.05) is 0 Å². The van der Waals surface area contributed by atoms with Gasteiger partial charge in [0, 0.05) is 56.8 Å². The lowest BCUT2D eigenvalue weighted by Gasteiger charge is -2.23. The number of hydrogen-bond acceptors (Lipinski definition) is 9. The number of pyridine rings is 1. The topological polar surface area (TPSA) is 136 Å². The van der Waals surface area contributed by atoms with Crippen LogP contribution in [-0.4, -0.2) is 79.2 Å². The molecule has 0 radical (unpaired) electrons. The van der Waals surface area contributed by atoms with Crippen LogP contribution >= 0.6 is 0 Å². The van der Waals surface area contributed by atoms with Gasteiger partial charge in [0.05, 0.1) is 29.9 Å². The molecule has 30 heavy (non-hydrogen) atoms. The Balaban J connectivity index is 1.88. The van der Waals surface area contributed by atoms with Crippen LogP contribution in [0.25, 0.3) is 0 Å². The highest BCUT2D eigenvalue weighted by Gasteiger charge is 2.34. The summed E-state index contributed by atoms with van der Waals surface area (Å²) in [5, 5.41) is 30.3. The smallest absolute Gasteiger partial charge is 0.215 e. The number of nitrogens with one attached hydrogen (secondary N) is 4. The Morgan fingerprint density at radius 2 is 1.30 bits per heavy atom. The average Bonchev–Trinajstić information content (AvgIpc) is 2.77. The number of fused-ring (bicyclic) bond motifs is 2. The molecule has 1 aromatic carbocycles. The van der Waals surface area contributed by atoms with Gasteiger partial charge in [-0.2, -0.15) is 0 Å². The van der Waals surface area contributed by atoms with Crippen molar-refractivity contribution in [2.45, 2.75) is 0 Å². The molecule has 0 atom stereocenters. The summed E-state index contributed by atoms with van der Waals surface area (Å²) in [6, 6.07) is 6.85. The number of rotatable bonds is 12. The predicted octanol–water partition coefficient (Wildman–Crippen LogP) is -0.155. The first-order valence-electron chi connectivity index (χ1n) is 10.0. The molecule has 9 nitrogen and oxygen atoms in total. The van der Waals surface area contributed by atoms with E-state index in [0.717, 1.165) is 0 Å². The maximum Gasteiger partial charge on any atom is 0.215 e. The quantitative estimate of drug-likeness (QED) is 0.224. The maximum absolute atomic E-state index is 13.2.